The number of ether oxygens (including phenoxy) is 1. The summed E-state index contributed by atoms with van der Waals surface area (Å²) in [4.78, 5) is 8.62. The molecule has 0 aliphatic rings. The van der Waals surface area contributed by atoms with Crippen molar-refractivity contribution in [1.82, 2.24) is 9.97 Å². The molecule has 0 spiro atoms. The fraction of sp³-hybridized carbons (Fsp3) is 0.0667. The fourth-order valence-corrected chi connectivity index (χ4v) is 2.64. The minimum absolute atomic E-state index is 0.0146. The first-order valence-electron chi connectivity index (χ1n) is 6.45. The molecule has 112 valence electrons. The van der Waals surface area contributed by atoms with Gasteiger partial charge in [-0.3, -0.25) is 0 Å². The van der Waals surface area contributed by atoms with Gasteiger partial charge in [-0.05, 0) is 35.7 Å². The Kier molecular flexibility index (Phi) is 3.88. The molecule has 22 heavy (non-hydrogen) atoms. The van der Waals surface area contributed by atoms with E-state index < -0.39 is 5.82 Å². The number of aromatic nitrogens is 2. The van der Waals surface area contributed by atoms with Crippen LogP contribution in [0.3, 0.4) is 0 Å². The lowest BCUT2D eigenvalue weighted by atomic mass is 10.2. The number of methoxy groups -OCH3 is 1. The number of anilines is 3. The van der Waals surface area contributed by atoms with Crippen molar-refractivity contribution in [2.24, 2.45) is 0 Å². The van der Waals surface area contributed by atoms with Crippen molar-refractivity contribution >= 4 is 28.8 Å². The number of thiophene rings is 1. The topological polar surface area (TPSA) is 73.1 Å². The molecule has 0 bridgehead atoms. The van der Waals surface area contributed by atoms with E-state index in [1.807, 2.05) is 11.4 Å². The Morgan fingerprint density at radius 1 is 1.18 bits per heavy atom. The van der Waals surface area contributed by atoms with E-state index in [0.717, 1.165) is 0 Å². The van der Waals surface area contributed by atoms with Crippen LogP contribution in [0.1, 0.15) is 0 Å². The van der Waals surface area contributed by atoms with Gasteiger partial charge < -0.3 is 15.8 Å². The number of halogens is 1. The number of nitrogens with one attached hydrogen (secondary N) is 1. The number of nitrogen functional groups attached to an aromatic ring is 1. The van der Waals surface area contributed by atoms with Crippen molar-refractivity contribution in [3.63, 3.8) is 0 Å². The van der Waals surface area contributed by atoms with Gasteiger partial charge in [-0.1, -0.05) is 6.07 Å². The Bertz CT molecular complexity index is 775. The molecule has 0 aliphatic heterocycles. The summed E-state index contributed by atoms with van der Waals surface area (Å²) < 4.78 is 19.7. The average Bonchev–Trinajstić information content (AvgIpc) is 3.05. The highest BCUT2D eigenvalue weighted by atomic mass is 32.1. The lowest BCUT2D eigenvalue weighted by Gasteiger charge is -2.10. The van der Waals surface area contributed by atoms with Crippen LogP contribution in [-0.2, 0) is 0 Å². The zero-order chi connectivity index (χ0) is 15.5. The third kappa shape index (κ3) is 2.84. The highest BCUT2D eigenvalue weighted by molar-refractivity contribution is 7.13. The first-order valence-corrected chi connectivity index (χ1v) is 7.33. The van der Waals surface area contributed by atoms with Gasteiger partial charge in [0.1, 0.15) is 11.4 Å². The van der Waals surface area contributed by atoms with E-state index in [2.05, 4.69) is 15.3 Å². The Labute approximate surface area is 130 Å². The molecule has 0 aliphatic carbocycles. The van der Waals surface area contributed by atoms with Crippen molar-refractivity contribution in [2.75, 3.05) is 18.2 Å². The third-order valence-corrected chi connectivity index (χ3v) is 3.85. The first-order chi connectivity index (χ1) is 10.7. The van der Waals surface area contributed by atoms with Gasteiger partial charge in [-0.15, -0.1) is 11.3 Å². The Morgan fingerprint density at radius 3 is 2.59 bits per heavy atom. The van der Waals surface area contributed by atoms with Crippen LogP contribution in [-0.4, -0.2) is 17.1 Å². The average molecular weight is 316 g/mol. The molecule has 2 aromatic heterocycles. The van der Waals surface area contributed by atoms with Crippen molar-refractivity contribution in [1.29, 1.82) is 0 Å². The van der Waals surface area contributed by atoms with Gasteiger partial charge in [0, 0.05) is 5.69 Å². The van der Waals surface area contributed by atoms with Gasteiger partial charge in [-0.25, -0.2) is 9.37 Å². The van der Waals surface area contributed by atoms with Gasteiger partial charge in [-0.2, -0.15) is 4.98 Å². The summed E-state index contributed by atoms with van der Waals surface area (Å²) in [6, 6.07) is 10.7. The number of nitrogens with zero attached hydrogens (tertiary/aromatic N) is 2. The quantitative estimate of drug-likeness (QED) is 0.768. The summed E-state index contributed by atoms with van der Waals surface area (Å²) >= 11 is 1.39. The van der Waals surface area contributed by atoms with Crippen LogP contribution >= 0.6 is 11.3 Å². The van der Waals surface area contributed by atoms with Crippen LogP contribution in [0.4, 0.5) is 21.8 Å². The van der Waals surface area contributed by atoms with Crippen LogP contribution in [0.5, 0.6) is 5.75 Å². The summed E-state index contributed by atoms with van der Waals surface area (Å²) in [5.41, 5.74) is 6.56. The predicted octanol–water partition coefficient (Wildman–Crippen LogP) is 3.68. The van der Waals surface area contributed by atoms with Gasteiger partial charge in [0.2, 0.25) is 5.95 Å². The molecular formula is C15H13FN4OS. The smallest absolute Gasteiger partial charge is 0.222 e. The normalized spacial score (nSPS) is 10.5. The molecule has 0 unspecified atom stereocenters. The molecule has 0 saturated carbocycles. The largest absolute Gasteiger partial charge is 0.497 e. The molecule has 0 saturated heterocycles. The zero-order valence-corrected chi connectivity index (χ0v) is 12.5. The van der Waals surface area contributed by atoms with Gasteiger partial charge in [0.15, 0.2) is 11.6 Å². The maximum atomic E-state index is 14.6. The van der Waals surface area contributed by atoms with Crippen molar-refractivity contribution < 1.29 is 9.13 Å². The van der Waals surface area contributed by atoms with E-state index in [1.54, 1.807) is 37.4 Å². The molecular weight excluding hydrogens is 303 g/mol. The third-order valence-electron chi connectivity index (χ3n) is 2.98. The lowest BCUT2D eigenvalue weighted by Crippen LogP contribution is -2.05. The fourth-order valence-electron chi connectivity index (χ4n) is 1.93. The molecule has 0 atom stereocenters. The molecule has 5 nitrogen and oxygen atoms in total. The molecule has 3 aromatic rings. The molecule has 3 N–H and O–H groups in total. The van der Waals surface area contributed by atoms with Crippen LogP contribution in [0.25, 0.3) is 10.6 Å². The lowest BCUT2D eigenvalue weighted by molar-refractivity contribution is 0.415. The van der Waals surface area contributed by atoms with E-state index in [9.17, 15) is 4.39 Å². The highest BCUT2D eigenvalue weighted by Gasteiger charge is 2.16. The number of hydrogen-bond donors (Lipinski definition) is 2. The summed E-state index contributed by atoms with van der Waals surface area (Å²) in [7, 11) is 1.58. The minimum atomic E-state index is -0.535. The molecule has 0 radical (unpaired) electrons. The number of benzene rings is 1. The Morgan fingerprint density at radius 2 is 1.95 bits per heavy atom. The molecule has 2 heterocycles. The Balaban J connectivity index is 1.96. The number of nitrogens with two attached hydrogens (primary N) is 1. The second-order valence-corrected chi connectivity index (χ2v) is 5.37. The van der Waals surface area contributed by atoms with E-state index in [0.29, 0.717) is 16.3 Å². The molecule has 1 aromatic carbocycles. The summed E-state index contributed by atoms with van der Waals surface area (Å²) in [6.45, 7) is 0. The van der Waals surface area contributed by atoms with Crippen LogP contribution in [0.2, 0.25) is 0 Å². The summed E-state index contributed by atoms with van der Waals surface area (Å²) in [6.07, 6.45) is 0. The molecule has 0 amide bonds. The summed E-state index contributed by atoms with van der Waals surface area (Å²) in [5, 5.41) is 4.76. The summed E-state index contributed by atoms with van der Waals surface area (Å²) in [5.74, 6) is 0.238. The van der Waals surface area contributed by atoms with Crippen molar-refractivity contribution in [2.45, 2.75) is 0 Å². The molecule has 0 fully saturated rings. The van der Waals surface area contributed by atoms with Gasteiger partial charge >= 0.3 is 0 Å². The predicted molar refractivity (Wildman–Crippen MR) is 86.0 cm³/mol. The minimum Gasteiger partial charge on any atom is -0.497 e. The van der Waals surface area contributed by atoms with Gasteiger partial charge in [0.05, 0.1) is 12.0 Å². The van der Waals surface area contributed by atoms with Crippen molar-refractivity contribution in [3.05, 3.63) is 47.6 Å². The zero-order valence-electron chi connectivity index (χ0n) is 11.7. The van der Waals surface area contributed by atoms with Crippen LogP contribution in [0, 0.1) is 5.82 Å². The van der Waals surface area contributed by atoms with Gasteiger partial charge in [0.25, 0.3) is 0 Å². The standard InChI is InChI=1S/C15H13FN4OS/c1-21-10-6-4-9(5-7-10)18-14-12(16)13(19-15(17)20-14)11-3-2-8-22-11/h2-8H,1H3,(H3,17,18,19,20). The maximum absolute atomic E-state index is 14.6. The number of rotatable bonds is 4. The molecule has 7 heteroatoms. The first kappa shape index (κ1) is 14.3. The maximum Gasteiger partial charge on any atom is 0.222 e. The number of hydrogen-bond acceptors (Lipinski definition) is 6. The second-order valence-electron chi connectivity index (χ2n) is 4.42. The van der Waals surface area contributed by atoms with E-state index in [4.69, 9.17) is 10.5 Å². The monoisotopic (exact) mass is 316 g/mol. The van der Waals surface area contributed by atoms with Crippen LogP contribution in [0.15, 0.2) is 41.8 Å². The van der Waals surface area contributed by atoms with Crippen molar-refractivity contribution in [3.8, 4) is 16.3 Å². The SMILES string of the molecule is COc1ccc(Nc2nc(N)nc(-c3cccs3)c2F)cc1. The highest BCUT2D eigenvalue weighted by Crippen LogP contribution is 2.30. The van der Waals surface area contributed by atoms with E-state index in [-0.39, 0.29) is 17.5 Å². The Hall–Kier alpha value is -2.67. The van der Waals surface area contributed by atoms with E-state index in [1.165, 1.54) is 11.3 Å². The van der Waals surface area contributed by atoms with E-state index >= 15 is 0 Å². The van der Waals surface area contributed by atoms with Crippen LogP contribution < -0.4 is 15.8 Å². The second kappa shape index (κ2) is 5.98. The molecule has 3 rings (SSSR count).